The molecule has 4 nitrogen and oxygen atoms in total. The third-order valence-electron chi connectivity index (χ3n) is 2.59. The molecular weight excluding hydrogens is 190 g/mol. The van der Waals surface area contributed by atoms with E-state index < -0.39 is 0 Å². The van der Waals surface area contributed by atoms with Crippen molar-refractivity contribution in [2.45, 2.75) is 20.4 Å². The number of hydrogen-bond acceptors (Lipinski definition) is 3. The molecule has 0 amide bonds. The third kappa shape index (κ3) is 1.57. The highest BCUT2D eigenvalue weighted by atomic mass is 16.3. The lowest BCUT2D eigenvalue weighted by Gasteiger charge is -1.98. The van der Waals surface area contributed by atoms with Crippen molar-refractivity contribution in [2.75, 3.05) is 0 Å². The number of aromatic nitrogens is 2. The van der Waals surface area contributed by atoms with Crippen LogP contribution in [0.15, 0.2) is 16.5 Å². The van der Waals surface area contributed by atoms with Crippen LogP contribution < -0.4 is 5.73 Å². The lowest BCUT2D eigenvalue weighted by Crippen LogP contribution is -1.99. The second-order valence-electron chi connectivity index (χ2n) is 3.65. The summed E-state index contributed by atoms with van der Waals surface area (Å²) in [7, 11) is 1.91. The van der Waals surface area contributed by atoms with Crippen LogP contribution >= 0.6 is 0 Å². The number of aryl methyl sites for hydroxylation is 2. The van der Waals surface area contributed by atoms with Crippen molar-refractivity contribution in [1.82, 2.24) is 9.78 Å². The average molecular weight is 205 g/mol. The van der Waals surface area contributed by atoms with Crippen molar-refractivity contribution in [3.63, 3.8) is 0 Å². The molecule has 0 aliphatic heterocycles. The average Bonchev–Trinajstić information content (AvgIpc) is 2.73. The van der Waals surface area contributed by atoms with Gasteiger partial charge in [-0.05, 0) is 26.0 Å². The van der Waals surface area contributed by atoms with E-state index in [1.807, 2.05) is 37.7 Å². The molecule has 80 valence electrons. The molecule has 0 saturated heterocycles. The molecule has 0 unspecified atom stereocenters. The van der Waals surface area contributed by atoms with E-state index >= 15 is 0 Å². The second kappa shape index (κ2) is 3.55. The van der Waals surface area contributed by atoms with Gasteiger partial charge in [-0.15, -0.1) is 0 Å². The third-order valence-corrected chi connectivity index (χ3v) is 2.59. The zero-order valence-corrected chi connectivity index (χ0v) is 9.24. The van der Waals surface area contributed by atoms with Crippen molar-refractivity contribution in [3.8, 4) is 11.3 Å². The summed E-state index contributed by atoms with van der Waals surface area (Å²) in [5, 5.41) is 4.35. The fourth-order valence-corrected chi connectivity index (χ4v) is 1.71. The van der Waals surface area contributed by atoms with Gasteiger partial charge in [0.25, 0.3) is 0 Å². The van der Waals surface area contributed by atoms with Gasteiger partial charge in [0.15, 0.2) is 0 Å². The van der Waals surface area contributed by atoms with Crippen LogP contribution in [0.1, 0.15) is 17.1 Å². The number of hydrogen-bond donors (Lipinski definition) is 1. The van der Waals surface area contributed by atoms with Crippen molar-refractivity contribution >= 4 is 0 Å². The van der Waals surface area contributed by atoms with Crippen LogP contribution in [0.2, 0.25) is 0 Å². The van der Waals surface area contributed by atoms with Crippen LogP contribution in [0.3, 0.4) is 0 Å². The highest BCUT2D eigenvalue weighted by Crippen LogP contribution is 2.28. The standard InChI is InChI=1S/C11H15N3O/c1-7-4-5-10(15-7)11-8(2)14(3)13-9(11)6-12/h4-5H,6,12H2,1-3H3. The normalized spacial score (nSPS) is 10.9. The zero-order valence-electron chi connectivity index (χ0n) is 9.24. The van der Waals surface area contributed by atoms with Crippen molar-refractivity contribution in [3.05, 3.63) is 29.3 Å². The first kappa shape index (κ1) is 9.98. The summed E-state index contributed by atoms with van der Waals surface area (Å²) in [5.74, 6) is 1.75. The monoisotopic (exact) mass is 205 g/mol. The lowest BCUT2D eigenvalue weighted by atomic mass is 10.1. The molecule has 2 heterocycles. The first-order valence-electron chi connectivity index (χ1n) is 4.93. The molecular formula is C11H15N3O. The molecule has 2 aromatic heterocycles. The highest BCUT2D eigenvalue weighted by Gasteiger charge is 2.16. The van der Waals surface area contributed by atoms with Crippen LogP contribution in [-0.2, 0) is 13.6 Å². The largest absolute Gasteiger partial charge is 0.461 e. The van der Waals surface area contributed by atoms with E-state index in [1.54, 1.807) is 0 Å². The Bertz CT molecular complexity index is 482. The summed E-state index contributed by atoms with van der Waals surface area (Å²) < 4.78 is 7.43. The van der Waals surface area contributed by atoms with E-state index in [4.69, 9.17) is 10.2 Å². The van der Waals surface area contributed by atoms with Gasteiger partial charge in [0.05, 0.1) is 11.3 Å². The van der Waals surface area contributed by atoms with Crippen LogP contribution in [-0.4, -0.2) is 9.78 Å². The van der Waals surface area contributed by atoms with Gasteiger partial charge in [0, 0.05) is 19.3 Å². The smallest absolute Gasteiger partial charge is 0.138 e. The molecule has 0 saturated carbocycles. The minimum Gasteiger partial charge on any atom is -0.461 e. The molecule has 2 rings (SSSR count). The molecule has 0 radical (unpaired) electrons. The Morgan fingerprint density at radius 3 is 2.67 bits per heavy atom. The Balaban J connectivity index is 2.60. The van der Waals surface area contributed by atoms with E-state index in [0.29, 0.717) is 6.54 Å². The molecule has 0 aliphatic carbocycles. The van der Waals surface area contributed by atoms with Gasteiger partial charge in [0.1, 0.15) is 11.5 Å². The molecule has 2 N–H and O–H groups in total. The molecule has 4 heteroatoms. The van der Waals surface area contributed by atoms with Crippen molar-refractivity contribution < 1.29 is 4.42 Å². The van der Waals surface area contributed by atoms with E-state index in [-0.39, 0.29) is 0 Å². The Morgan fingerprint density at radius 2 is 2.13 bits per heavy atom. The topological polar surface area (TPSA) is 57.0 Å². The maximum Gasteiger partial charge on any atom is 0.138 e. The quantitative estimate of drug-likeness (QED) is 0.812. The summed E-state index contributed by atoms with van der Waals surface area (Å²) >= 11 is 0. The minimum atomic E-state index is 0.427. The van der Waals surface area contributed by atoms with Gasteiger partial charge in [-0.3, -0.25) is 4.68 Å². The SMILES string of the molecule is Cc1ccc(-c2c(CN)nn(C)c2C)o1. The summed E-state index contributed by atoms with van der Waals surface area (Å²) in [4.78, 5) is 0. The lowest BCUT2D eigenvalue weighted by molar-refractivity contribution is 0.547. The van der Waals surface area contributed by atoms with Crippen LogP contribution in [0.25, 0.3) is 11.3 Å². The molecule has 0 aliphatic rings. The number of nitrogens with two attached hydrogens (primary N) is 1. The Labute approximate surface area is 88.7 Å². The summed E-state index contributed by atoms with van der Waals surface area (Å²) in [6.07, 6.45) is 0. The Kier molecular flexibility index (Phi) is 2.36. The molecule has 0 spiro atoms. The fraction of sp³-hybridized carbons (Fsp3) is 0.364. The van der Waals surface area contributed by atoms with Crippen molar-refractivity contribution in [2.24, 2.45) is 12.8 Å². The second-order valence-corrected chi connectivity index (χ2v) is 3.65. The molecule has 0 bridgehead atoms. The van der Waals surface area contributed by atoms with E-state index in [1.165, 1.54) is 0 Å². The van der Waals surface area contributed by atoms with E-state index in [2.05, 4.69) is 5.10 Å². The number of rotatable bonds is 2. The molecule has 0 atom stereocenters. The maximum absolute atomic E-state index is 5.66. The minimum absolute atomic E-state index is 0.427. The summed E-state index contributed by atoms with van der Waals surface area (Å²) in [6.45, 7) is 4.37. The van der Waals surface area contributed by atoms with Crippen LogP contribution in [0.5, 0.6) is 0 Å². The van der Waals surface area contributed by atoms with Crippen LogP contribution in [0, 0.1) is 13.8 Å². The van der Waals surface area contributed by atoms with Gasteiger partial charge in [0.2, 0.25) is 0 Å². The molecule has 0 fully saturated rings. The Hall–Kier alpha value is -1.55. The first-order chi connectivity index (χ1) is 7.13. The highest BCUT2D eigenvalue weighted by molar-refractivity contribution is 5.63. The molecule has 0 aromatic carbocycles. The van der Waals surface area contributed by atoms with Crippen molar-refractivity contribution in [1.29, 1.82) is 0 Å². The summed E-state index contributed by atoms with van der Waals surface area (Å²) in [6, 6.07) is 3.90. The van der Waals surface area contributed by atoms with E-state index in [0.717, 1.165) is 28.5 Å². The first-order valence-corrected chi connectivity index (χ1v) is 4.93. The summed E-state index contributed by atoms with van der Waals surface area (Å²) in [5.41, 5.74) is 8.63. The predicted octanol–water partition coefficient (Wildman–Crippen LogP) is 1.76. The zero-order chi connectivity index (χ0) is 11.0. The van der Waals surface area contributed by atoms with Gasteiger partial charge in [-0.1, -0.05) is 0 Å². The molecule has 2 aromatic rings. The van der Waals surface area contributed by atoms with E-state index in [9.17, 15) is 0 Å². The molecule has 15 heavy (non-hydrogen) atoms. The van der Waals surface area contributed by atoms with Gasteiger partial charge < -0.3 is 10.2 Å². The van der Waals surface area contributed by atoms with Gasteiger partial charge in [-0.2, -0.15) is 5.10 Å². The van der Waals surface area contributed by atoms with Crippen LogP contribution in [0.4, 0.5) is 0 Å². The Morgan fingerprint density at radius 1 is 1.40 bits per heavy atom. The van der Waals surface area contributed by atoms with Gasteiger partial charge in [-0.25, -0.2) is 0 Å². The maximum atomic E-state index is 5.66. The van der Waals surface area contributed by atoms with Gasteiger partial charge >= 0.3 is 0 Å². The number of furan rings is 1. The fourth-order valence-electron chi connectivity index (χ4n) is 1.71. The number of nitrogens with zero attached hydrogens (tertiary/aromatic N) is 2. The predicted molar refractivity (Wildman–Crippen MR) is 58.3 cm³/mol.